The van der Waals surface area contributed by atoms with Crippen LogP contribution in [0.15, 0.2) is 18.2 Å². The summed E-state index contributed by atoms with van der Waals surface area (Å²) in [5.41, 5.74) is 1.49. The number of hydrogen-bond acceptors (Lipinski definition) is 5. The molecule has 0 aliphatic carbocycles. The van der Waals surface area contributed by atoms with Crippen molar-refractivity contribution in [3.05, 3.63) is 29.3 Å². The second-order valence-corrected chi connectivity index (χ2v) is 7.81. The standard InChI is InChI=1S/C21H27N3O4/c1-2-23-10-4-3-5-15(23)13-28-16-6-7-17-14(11-16)12-24(21(17)27)18-8-9-19(25)22-20(18)26/h6-7,11,15,18H,2-5,8-10,12-13H2,1H3,(H,22,25,26)/t15-,18?/m0/s1. The molecule has 1 unspecified atom stereocenters. The van der Waals surface area contributed by atoms with Crippen molar-refractivity contribution in [1.82, 2.24) is 15.1 Å². The third-order valence-corrected chi connectivity index (χ3v) is 6.09. The van der Waals surface area contributed by atoms with E-state index in [2.05, 4.69) is 17.1 Å². The highest BCUT2D eigenvalue weighted by Gasteiger charge is 2.39. The first-order valence-electron chi connectivity index (χ1n) is 10.2. The third kappa shape index (κ3) is 3.63. The minimum Gasteiger partial charge on any atom is -0.492 e. The second kappa shape index (κ2) is 7.91. The molecule has 1 N–H and O–H groups in total. The van der Waals surface area contributed by atoms with Crippen molar-refractivity contribution >= 4 is 17.7 Å². The van der Waals surface area contributed by atoms with Gasteiger partial charge in [-0.15, -0.1) is 0 Å². The van der Waals surface area contributed by atoms with Crippen LogP contribution in [0.5, 0.6) is 5.75 Å². The first-order chi connectivity index (χ1) is 13.6. The van der Waals surface area contributed by atoms with Crippen LogP contribution in [0.4, 0.5) is 0 Å². The Balaban J connectivity index is 1.42. The number of carbonyl (C=O) groups is 3. The summed E-state index contributed by atoms with van der Waals surface area (Å²) < 4.78 is 6.06. The van der Waals surface area contributed by atoms with Crippen molar-refractivity contribution in [2.75, 3.05) is 19.7 Å². The van der Waals surface area contributed by atoms with Crippen LogP contribution in [0, 0.1) is 0 Å². The van der Waals surface area contributed by atoms with E-state index < -0.39 is 6.04 Å². The SMILES string of the molecule is CCN1CCCC[C@H]1COc1ccc2c(c1)CN(C1CCC(=O)NC1=O)C2=O. The molecular formula is C21H27N3O4. The van der Waals surface area contributed by atoms with Crippen LogP contribution >= 0.6 is 0 Å². The van der Waals surface area contributed by atoms with Crippen molar-refractivity contribution in [3.63, 3.8) is 0 Å². The molecule has 2 fully saturated rings. The van der Waals surface area contributed by atoms with Gasteiger partial charge in [0.25, 0.3) is 5.91 Å². The molecule has 0 spiro atoms. The summed E-state index contributed by atoms with van der Waals surface area (Å²) in [6, 6.07) is 5.40. The highest BCUT2D eigenvalue weighted by Crippen LogP contribution is 2.30. The average molecular weight is 385 g/mol. The topological polar surface area (TPSA) is 79.0 Å². The van der Waals surface area contributed by atoms with E-state index in [1.165, 1.54) is 12.8 Å². The molecular weight excluding hydrogens is 358 g/mol. The number of benzene rings is 1. The maximum Gasteiger partial charge on any atom is 0.255 e. The number of hydrogen-bond donors (Lipinski definition) is 1. The van der Waals surface area contributed by atoms with Crippen molar-refractivity contribution < 1.29 is 19.1 Å². The van der Waals surface area contributed by atoms with Crippen LogP contribution in [-0.4, -0.2) is 59.3 Å². The maximum absolute atomic E-state index is 12.7. The smallest absolute Gasteiger partial charge is 0.255 e. The molecule has 4 rings (SSSR count). The fraction of sp³-hybridized carbons (Fsp3) is 0.571. The summed E-state index contributed by atoms with van der Waals surface area (Å²) in [5.74, 6) is -0.0467. The summed E-state index contributed by atoms with van der Waals surface area (Å²) in [7, 11) is 0. The lowest BCUT2D eigenvalue weighted by Crippen LogP contribution is -2.52. The number of carbonyl (C=O) groups excluding carboxylic acids is 3. The number of piperidine rings is 2. The van der Waals surface area contributed by atoms with E-state index in [0.29, 0.717) is 31.2 Å². The van der Waals surface area contributed by atoms with Gasteiger partial charge in [-0.25, -0.2) is 0 Å². The van der Waals surface area contributed by atoms with Gasteiger partial charge in [-0.05, 0) is 56.1 Å². The molecule has 28 heavy (non-hydrogen) atoms. The Labute approximate surface area is 165 Å². The minimum atomic E-state index is -0.581. The maximum atomic E-state index is 12.7. The van der Waals surface area contributed by atoms with Gasteiger partial charge in [-0.1, -0.05) is 13.3 Å². The Hall–Kier alpha value is -2.41. The fourth-order valence-corrected chi connectivity index (χ4v) is 4.50. The summed E-state index contributed by atoms with van der Waals surface area (Å²) in [4.78, 5) is 40.3. The molecule has 3 amide bonds. The van der Waals surface area contributed by atoms with Gasteiger partial charge in [0.15, 0.2) is 0 Å². The first kappa shape index (κ1) is 18.9. The summed E-state index contributed by atoms with van der Waals surface area (Å²) in [5, 5.41) is 2.33. The molecule has 1 aromatic rings. The molecule has 2 atom stereocenters. The van der Waals surface area contributed by atoms with Crippen LogP contribution in [0.1, 0.15) is 54.9 Å². The number of nitrogens with one attached hydrogen (secondary N) is 1. The van der Waals surface area contributed by atoms with Gasteiger partial charge in [0, 0.05) is 24.6 Å². The summed E-state index contributed by atoms with van der Waals surface area (Å²) in [6.45, 7) is 5.38. The molecule has 7 heteroatoms. The van der Waals surface area contributed by atoms with E-state index in [4.69, 9.17) is 4.74 Å². The van der Waals surface area contributed by atoms with Gasteiger partial charge >= 0.3 is 0 Å². The predicted octanol–water partition coefficient (Wildman–Crippen LogP) is 1.70. The van der Waals surface area contributed by atoms with Gasteiger partial charge in [0.2, 0.25) is 11.8 Å². The average Bonchev–Trinajstić information content (AvgIpc) is 3.02. The summed E-state index contributed by atoms with van der Waals surface area (Å²) in [6.07, 6.45) is 4.29. The molecule has 3 aliphatic heterocycles. The number of imide groups is 1. The molecule has 0 aromatic heterocycles. The lowest BCUT2D eigenvalue weighted by atomic mass is 10.0. The number of likely N-dealkylation sites (N-methyl/N-ethyl adjacent to an activating group) is 1. The zero-order chi connectivity index (χ0) is 19.7. The van der Waals surface area contributed by atoms with E-state index in [0.717, 1.165) is 30.8 Å². The molecule has 0 saturated carbocycles. The van der Waals surface area contributed by atoms with Crippen molar-refractivity contribution in [1.29, 1.82) is 0 Å². The van der Waals surface area contributed by atoms with E-state index in [9.17, 15) is 14.4 Å². The third-order valence-electron chi connectivity index (χ3n) is 6.09. The molecule has 1 aromatic carbocycles. The molecule has 3 aliphatic rings. The Kier molecular flexibility index (Phi) is 5.35. The molecule has 2 saturated heterocycles. The Bertz CT molecular complexity index is 794. The number of ether oxygens (including phenoxy) is 1. The highest BCUT2D eigenvalue weighted by atomic mass is 16.5. The Morgan fingerprint density at radius 3 is 2.82 bits per heavy atom. The number of rotatable bonds is 5. The molecule has 0 radical (unpaired) electrons. The van der Waals surface area contributed by atoms with E-state index in [-0.39, 0.29) is 24.1 Å². The van der Waals surface area contributed by atoms with E-state index >= 15 is 0 Å². The molecule has 3 heterocycles. The molecule has 150 valence electrons. The van der Waals surface area contributed by atoms with Crippen LogP contribution in [0.2, 0.25) is 0 Å². The van der Waals surface area contributed by atoms with Gasteiger partial charge in [0.1, 0.15) is 18.4 Å². The quantitative estimate of drug-likeness (QED) is 0.781. The van der Waals surface area contributed by atoms with Crippen LogP contribution < -0.4 is 10.1 Å². The zero-order valence-electron chi connectivity index (χ0n) is 16.3. The van der Waals surface area contributed by atoms with Gasteiger partial charge in [-0.2, -0.15) is 0 Å². The predicted molar refractivity (Wildman–Crippen MR) is 103 cm³/mol. The Morgan fingerprint density at radius 1 is 1.18 bits per heavy atom. The number of fused-ring (bicyclic) bond motifs is 1. The first-order valence-corrected chi connectivity index (χ1v) is 10.2. The van der Waals surface area contributed by atoms with Gasteiger partial charge in [0.05, 0.1) is 0 Å². The highest BCUT2D eigenvalue weighted by molar-refractivity contribution is 6.05. The van der Waals surface area contributed by atoms with Crippen molar-refractivity contribution in [2.24, 2.45) is 0 Å². The van der Waals surface area contributed by atoms with E-state index in [1.54, 1.807) is 11.0 Å². The van der Waals surface area contributed by atoms with Crippen LogP contribution in [-0.2, 0) is 16.1 Å². The normalized spacial score (nSPS) is 25.6. The monoisotopic (exact) mass is 385 g/mol. The van der Waals surface area contributed by atoms with E-state index in [1.807, 2.05) is 12.1 Å². The second-order valence-electron chi connectivity index (χ2n) is 7.81. The Morgan fingerprint density at radius 2 is 2.04 bits per heavy atom. The molecule has 7 nitrogen and oxygen atoms in total. The van der Waals surface area contributed by atoms with Crippen molar-refractivity contribution in [3.8, 4) is 5.75 Å². The van der Waals surface area contributed by atoms with Gasteiger partial charge < -0.3 is 9.64 Å². The van der Waals surface area contributed by atoms with Crippen molar-refractivity contribution in [2.45, 2.75) is 57.7 Å². The number of likely N-dealkylation sites (tertiary alicyclic amines) is 1. The fourth-order valence-electron chi connectivity index (χ4n) is 4.50. The lowest BCUT2D eigenvalue weighted by Gasteiger charge is -2.34. The van der Waals surface area contributed by atoms with Crippen LogP contribution in [0.25, 0.3) is 0 Å². The van der Waals surface area contributed by atoms with Crippen LogP contribution in [0.3, 0.4) is 0 Å². The lowest BCUT2D eigenvalue weighted by molar-refractivity contribution is -0.136. The zero-order valence-corrected chi connectivity index (χ0v) is 16.3. The summed E-state index contributed by atoms with van der Waals surface area (Å²) >= 11 is 0. The van der Waals surface area contributed by atoms with Gasteiger partial charge in [-0.3, -0.25) is 24.6 Å². The largest absolute Gasteiger partial charge is 0.492 e. The minimum absolute atomic E-state index is 0.152. The molecule has 0 bridgehead atoms. The number of nitrogens with zero attached hydrogens (tertiary/aromatic N) is 2. The number of amides is 3.